The van der Waals surface area contributed by atoms with Gasteiger partial charge in [0.15, 0.2) is 0 Å². The van der Waals surface area contributed by atoms with Crippen LogP contribution in [0.3, 0.4) is 0 Å². The Labute approximate surface area is 110 Å². The third-order valence-corrected chi connectivity index (χ3v) is 4.66. The van der Waals surface area contributed by atoms with E-state index in [1.165, 1.54) is 30.4 Å². The van der Waals surface area contributed by atoms with Gasteiger partial charge in [0.05, 0.1) is 0 Å². The van der Waals surface area contributed by atoms with Crippen molar-refractivity contribution in [3.63, 3.8) is 0 Å². The van der Waals surface area contributed by atoms with Crippen molar-refractivity contribution >= 4 is 11.6 Å². The normalized spacial score (nSPS) is 29.2. The summed E-state index contributed by atoms with van der Waals surface area (Å²) >= 11 is 6.46. The van der Waals surface area contributed by atoms with Gasteiger partial charge in [-0.05, 0) is 55.1 Å². The second-order valence-electron chi connectivity index (χ2n) is 5.57. The highest BCUT2D eigenvalue weighted by Crippen LogP contribution is 2.34. The molecule has 1 aliphatic carbocycles. The fourth-order valence-corrected chi connectivity index (χ4v) is 3.20. The summed E-state index contributed by atoms with van der Waals surface area (Å²) in [6.07, 6.45) is 6.07. The van der Waals surface area contributed by atoms with Crippen LogP contribution in [-0.2, 0) is 12.8 Å². The molecular formula is C16H23Cl. The molecule has 0 N–H and O–H groups in total. The summed E-state index contributed by atoms with van der Waals surface area (Å²) in [6, 6.07) is 9.07. The lowest BCUT2D eigenvalue weighted by atomic mass is 9.79. The molecule has 0 aromatic heterocycles. The summed E-state index contributed by atoms with van der Waals surface area (Å²) in [7, 11) is 0. The monoisotopic (exact) mass is 250 g/mol. The average molecular weight is 251 g/mol. The molecular weight excluding hydrogens is 228 g/mol. The summed E-state index contributed by atoms with van der Waals surface area (Å²) in [5, 5.41) is 0.386. The summed E-state index contributed by atoms with van der Waals surface area (Å²) < 4.78 is 0. The summed E-state index contributed by atoms with van der Waals surface area (Å²) in [6.45, 7) is 4.56. The molecule has 1 aliphatic rings. The SMILES string of the molecule is CCc1ccc(CC2CC(C)CCC2Cl)cc1. The topological polar surface area (TPSA) is 0 Å². The van der Waals surface area contributed by atoms with Gasteiger partial charge in [0.2, 0.25) is 0 Å². The first-order chi connectivity index (χ1) is 8.19. The largest absolute Gasteiger partial charge is 0.123 e. The fourth-order valence-electron chi connectivity index (χ4n) is 2.89. The zero-order valence-corrected chi connectivity index (χ0v) is 11.7. The van der Waals surface area contributed by atoms with Crippen molar-refractivity contribution in [2.75, 3.05) is 0 Å². The Morgan fingerprint density at radius 2 is 1.76 bits per heavy atom. The highest BCUT2D eigenvalue weighted by Gasteiger charge is 2.26. The molecule has 94 valence electrons. The van der Waals surface area contributed by atoms with Crippen molar-refractivity contribution in [2.24, 2.45) is 11.8 Å². The lowest BCUT2D eigenvalue weighted by Crippen LogP contribution is -2.25. The van der Waals surface area contributed by atoms with Crippen LogP contribution >= 0.6 is 11.6 Å². The van der Waals surface area contributed by atoms with Crippen LogP contribution in [0.25, 0.3) is 0 Å². The average Bonchev–Trinajstić information content (AvgIpc) is 2.35. The molecule has 0 radical (unpaired) electrons. The van der Waals surface area contributed by atoms with Crippen LogP contribution in [-0.4, -0.2) is 5.38 Å². The van der Waals surface area contributed by atoms with Gasteiger partial charge in [0.1, 0.15) is 0 Å². The smallest absolute Gasteiger partial charge is 0.0367 e. The molecule has 1 aromatic carbocycles. The molecule has 0 nitrogen and oxygen atoms in total. The minimum atomic E-state index is 0.386. The molecule has 2 rings (SSSR count). The number of benzene rings is 1. The minimum Gasteiger partial charge on any atom is -0.123 e. The van der Waals surface area contributed by atoms with Crippen molar-refractivity contribution in [3.8, 4) is 0 Å². The van der Waals surface area contributed by atoms with E-state index in [9.17, 15) is 0 Å². The molecule has 0 heterocycles. The zero-order chi connectivity index (χ0) is 12.3. The number of aryl methyl sites for hydroxylation is 1. The van der Waals surface area contributed by atoms with E-state index in [1.807, 2.05) is 0 Å². The predicted molar refractivity (Wildman–Crippen MR) is 75.7 cm³/mol. The van der Waals surface area contributed by atoms with Crippen LogP contribution in [0.1, 0.15) is 44.2 Å². The Morgan fingerprint density at radius 1 is 1.12 bits per heavy atom. The Kier molecular flexibility index (Phi) is 4.50. The molecule has 1 fully saturated rings. The molecule has 0 spiro atoms. The van der Waals surface area contributed by atoms with Gasteiger partial charge in [-0.2, -0.15) is 0 Å². The highest BCUT2D eigenvalue weighted by atomic mass is 35.5. The molecule has 1 aromatic rings. The lowest BCUT2D eigenvalue weighted by Gasteiger charge is -2.31. The molecule has 0 saturated heterocycles. The minimum absolute atomic E-state index is 0.386. The van der Waals surface area contributed by atoms with Crippen LogP contribution in [0.4, 0.5) is 0 Å². The number of hydrogen-bond acceptors (Lipinski definition) is 0. The molecule has 3 unspecified atom stereocenters. The van der Waals surface area contributed by atoms with Gasteiger partial charge in [-0.15, -0.1) is 11.6 Å². The molecule has 17 heavy (non-hydrogen) atoms. The molecule has 1 heteroatoms. The molecule has 0 amide bonds. The first kappa shape index (κ1) is 13.0. The van der Waals surface area contributed by atoms with Crippen LogP contribution in [0, 0.1) is 11.8 Å². The van der Waals surface area contributed by atoms with Crippen molar-refractivity contribution < 1.29 is 0 Å². The van der Waals surface area contributed by atoms with E-state index in [4.69, 9.17) is 11.6 Å². The third kappa shape index (κ3) is 3.48. The van der Waals surface area contributed by atoms with Crippen molar-refractivity contribution in [1.29, 1.82) is 0 Å². The van der Waals surface area contributed by atoms with Gasteiger partial charge in [-0.25, -0.2) is 0 Å². The maximum absolute atomic E-state index is 6.46. The van der Waals surface area contributed by atoms with Crippen LogP contribution in [0.2, 0.25) is 0 Å². The molecule has 3 atom stereocenters. The Balaban J connectivity index is 1.98. The van der Waals surface area contributed by atoms with Gasteiger partial charge in [-0.3, -0.25) is 0 Å². The number of rotatable bonds is 3. The van der Waals surface area contributed by atoms with Crippen molar-refractivity contribution in [1.82, 2.24) is 0 Å². The van der Waals surface area contributed by atoms with E-state index in [0.717, 1.165) is 18.8 Å². The second kappa shape index (κ2) is 5.91. The van der Waals surface area contributed by atoms with Gasteiger partial charge >= 0.3 is 0 Å². The molecule has 1 saturated carbocycles. The third-order valence-electron chi connectivity index (χ3n) is 4.08. The summed E-state index contributed by atoms with van der Waals surface area (Å²) in [5.41, 5.74) is 2.88. The first-order valence-corrected chi connectivity index (χ1v) is 7.34. The van der Waals surface area contributed by atoms with E-state index in [-0.39, 0.29) is 0 Å². The maximum Gasteiger partial charge on any atom is 0.0367 e. The second-order valence-corrected chi connectivity index (χ2v) is 6.13. The first-order valence-electron chi connectivity index (χ1n) is 6.91. The quantitative estimate of drug-likeness (QED) is 0.674. The predicted octanol–water partition coefficient (Wildman–Crippen LogP) is 4.84. The van der Waals surface area contributed by atoms with E-state index in [2.05, 4.69) is 38.1 Å². The van der Waals surface area contributed by atoms with Crippen LogP contribution in [0.5, 0.6) is 0 Å². The van der Waals surface area contributed by atoms with E-state index in [0.29, 0.717) is 11.3 Å². The zero-order valence-electron chi connectivity index (χ0n) is 11.0. The van der Waals surface area contributed by atoms with Gasteiger partial charge in [0, 0.05) is 5.38 Å². The molecule has 0 aliphatic heterocycles. The number of alkyl halides is 1. The number of hydrogen-bond donors (Lipinski definition) is 0. The van der Waals surface area contributed by atoms with Crippen LogP contribution < -0.4 is 0 Å². The maximum atomic E-state index is 6.46. The Bertz CT molecular complexity index is 341. The fraction of sp³-hybridized carbons (Fsp3) is 0.625. The van der Waals surface area contributed by atoms with Crippen molar-refractivity contribution in [3.05, 3.63) is 35.4 Å². The Hall–Kier alpha value is -0.490. The van der Waals surface area contributed by atoms with Gasteiger partial charge in [0.25, 0.3) is 0 Å². The van der Waals surface area contributed by atoms with E-state index < -0.39 is 0 Å². The van der Waals surface area contributed by atoms with E-state index >= 15 is 0 Å². The van der Waals surface area contributed by atoms with Gasteiger partial charge in [-0.1, -0.05) is 38.1 Å². The highest BCUT2D eigenvalue weighted by molar-refractivity contribution is 6.20. The molecule has 0 bridgehead atoms. The lowest BCUT2D eigenvalue weighted by molar-refractivity contribution is 0.287. The van der Waals surface area contributed by atoms with Gasteiger partial charge < -0.3 is 0 Å². The van der Waals surface area contributed by atoms with Crippen LogP contribution in [0.15, 0.2) is 24.3 Å². The Morgan fingerprint density at radius 3 is 2.41 bits per heavy atom. The summed E-state index contributed by atoms with van der Waals surface area (Å²) in [5.74, 6) is 1.53. The summed E-state index contributed by atoms with van der Waals surface area (Å²) in [4.78, 5) is 0. The standard InChI is InChI=1S/C16H23Cl/c1-3-13-5-7-14(8-6-13)11-15-10-12(2)4-9-16(15)17/h5-8,12,15-16H,3-4,9-11H2,1-2H3. The van der Waals surface area contributed by atoms with E-state index in [1.54, 1.807) is 0 Å². The number of halogens is 1. The van der Waals surface area contributed by atoms with Crippen molar-refractivity contribution in [2.45, 2.75) is 51.3 Å².